The van der Waals surface area contributed by atoms with Gasteiger partial charge in [-0.1, -0.05) is 54.2 Å². The van der Waals surface area contributed by atoms with Crippen molar-refractivity contribution in [3.8, 4) is 0 Å². The second kappa shape index (κ2) is 6.58. The Balaban J connectivity index is 1.86. The van der Waals surface area contributed by atoms with E-state index in [2.05, 4.69) is 59.4 Å². The molecule has 1 aromatic heterocycles. The van der Waals surface area contributed by atoms with Crippen molar-refractivity contribution in [2.45, 2.75) is 22.4 Å². The fraction of sp³-hybridized carbons (Fsp3) is 0.176. The number of anilines is 1. The van der Waals surface area contributed by atoms with Crippen molar-refractivity contribution in [2.75, 3.05) is 12.0 Å². The molecule has 2 aromatic carbocycles. The molecule has 3 rings (SSSR count). The molecule has 0 aliphatic heterocycles. The van der Waals surface area contributed by atoms with E-state index in [-0.39, 0.29) is 5.25 Å². The van der Waals surface area contributed by atoms with Crippen LogP contribution >= 0.6 is 23.5 Å². The van der Waals surface area contributed by atoms with Crippen LogP contribution in [-0.4, -0.2) is 16.2 Å². The van der Waals surface area contributed by atoms with Gasteiger partial charge in [0.25, 0.3) is 0 Å². The zero-order valence-corrected chi connectivity index (χ0v) is 14.1. The van der Waals surface area contributed by atoms with E-state index in [1.807, 2.05) is 6.26 Å². The Bertz CT molecular complexity index is 805. The molecule has 0 saturated carbocycles. The van der Waals surface area contributed by atoms with Crippen LogP contribution in [0.3, 0.4) is 0 Å². The van der Waals surface area contributed by atoms with Crippen molar-refractivity contribution < 1.29 is 0 Å². The van der Waals surface area contributed by atoms with Gasteiger partial charge < -0.3 is 5.73 Å². The van der Waals surface area contributed by atoms with Gasteiger partial charge >= 0.3 is 0 Å². The van der Waals surface area contributed by atoms with Crippen molar-refractivity contribution in [1.82, 2.24) is 9.97 Å². The predicted octanol–water partition coefficient (Wildman–Crippen LogP) is 4.79. The van der Waals surface area contributed by atoms with E-state index in [0.29, 0.717) is 5.82 Å². The summed E-state index contributed by atoms with van der Waals surface area (Å²) in [4.78, 5) is 8.84. The molecule has 0 fully saturated rings. The summed E-state index contributed by atoms with van der Waals surface area (Å²) in [6.07, 6.45) is 1.99. The number of aromatic nitrogens is 2. The van der Waals surface area contributed by atoms with Gasteiger partial charge in [-0.2, -0.15) is 0 Å². The number of hydrogen-bond acceptors (Lipinski definition) is 5. The highest BCUT2D eigenvalue weighted by molar-refractivity contribution is 7.99. The van der Waals surface area contributed by atoms with Crippen molar-refractivity contribution in [2.24, 2.45) is 0 Å². The van der Waals surface area contributed by atoms with E-state index in [9.17, 15) is 0 Å². The first-order chi connectivity index (χ1) is 10.7. The normalized spacial score (nSPS) is 12.5. The standard InChI is InChI=1S/C17H17N3S2/c1-11(22-17-19-15(18)10-16(20-17)21-2)13-8-7-12-5-3-4-6-14(12)9-13/h3-11H,1-2H3,(H2,18,19,20). The Hall–Kier alpha value is -1.72. The SMILES string of the molecule is CSc1cc(N)nc(SC(C)c2ccc3ccccc3c2)n1. The quantitative estimate of drug-likeness (QED) is 0.424. The van der Waals surface area contributed by atoms with Crippen LogP contribution in [0.1, 0.15) is 17.7 Å². The third kappa shape index (κ3) is 3.36. The molecule has 3 aromatic rings. The van der Waals surface area contributed by atoms with Crippen LogP contribution in [0.5, 0.6) is 0 Å². The van der Waals surface area contributed by atoms with Gasteiger partial charge in [0.1, 0.15) is 10.8 Å². The van der Waals surface area contributed by atoms with Gasteiger partial charge in [0.15, 0.2) is 5.16 Å². The first-order valence-electron chi connectivity index (χ1n) is 6.99. The minimum absolute atomic E-state index is 0.265. The van der Waals surface area contributed by atoms with Gasteiger partial charge in [0.2, 0.25) is 0 Å². The summed E-state index contributed by atoms with van der Waals surface area (Å²) in [5.74, 6) is 0.521. The Morgan fingerprint density at radius 1 is 1.00 bits per heavy atom. The van der Waals surface area contributed by atoms with Crippen LogP contribution in [0.4, 0.5) is 5.82 Å². The van der Waals surface area contributed by atoms with Gasteiger partial charge in [-0.05, 0) is 29.5 Å². The summed E-state index contributed by atoms with van der Waals surface area (Å²) in [6.45, 7) is 2.17. The van der Waals surface area contributed by atoms with Crippen LogP contribution < -0.4 is 5.73 Å². The first kappa shape index (κ1) is 15.2. The maximum atomic E-state index is 5.85. The Morgan fingerprint density at radius 3 is 2.55 bits per heavy atom. The highest BCUT2D eigenvalue weighted by Crippen LogP contribution is 2.35. The molecule has 5 heteroatoms. The Labute approximate surface area is 138 Å². The van der Waals surface area contributed by atoms with Crippen molar-refractivity contribution in [3.05, 3.63) is 54.1 Å². The largest absolute Gasteiger partial charge is 0.384 e. The van der Waals surface area contributed by atoms with E-state index in [4.69, 9.17) is 5.73 Å². The van der Waals surface area contributed by atoms with Gasteiger partial charge in [-0.3, -0.25) is 0 Å². The number of nitrogen functional groups attached to an aromatic ring is 1. The fourth-order valence-corrected chi connectivity index (χ4v) is 3.65. The van der Waals surface area contributed by atoms with Gasteiger partial charge in [-0.15, -0.1) is 11.8 Å². The lowest BCUT2D eigenvalue weighted by Gasteiger charge is -2.12. The number of thioether (sulfide) groups is 2. The molecule has 22 heavy (non-hydrogen) atoms. The second-order valence-electron chi connectivity index (χ2n) is 4.98. The van der Waals surface area contributed by atoms with Gasteiger partial charge in [0.05, 0.1) is 0 Å². The predicted molar refractivity (Wildman–Crippen MR) is 96.4 cm³/mol. The topological polar surface area (TPSA) is 51.8 Å². The minimum atomic E-state index is 0.265. The first-order valence-corrected chi connectivity index (χ1v) is 9.10. The number of nitrogens with zero attached hydrogens (tertiary/aromatic N) is 2. The molecule has 0 aliphatic rings. The molecule has 1 heterocycles. The van der Waals surface area contributed by atoms with Crippen molar-refractivity contribution in [1.29, 1.82) is 0 Å². The molecule has 1 atom stereocenters. The fourth-order valence-electron chi connectivity index (χ4n) is 2.26. The monoisotopic (exact) mass is 327 g/mol. The number of benzene rings is 2. The molecule has 0 spiro atoms. The van der Waals surface area contributed by atoms with Crippen molar-refractivity contribution in [3.63, 3.8) is 0 Å². The molecule has 1 unspecified atom stereocenters. The lowest BCUT2D eigenvalue weighted by atomic mass is 10.1. The average Bonchev–Trinajstić information content (AvgIpc) is 2.53. The summed E-state index contributed by atoms with van der Waals surface area (Å²) >= 11 is 3.21. The summed E-state index contributed by atoms with van der Waals surface area (Å²) in [7, 11) is 0. The number of hydrogen-bond donors (Lipinski definition) is 1. The molecule has 0 amide bonds. The van der Waals surface area contributed by atoms with Crippen molar-refractivity contribution >= 4 is 40.1 Å². The third-order valence-corrected chi connectivity index (χ3v) is 5.08. The average molecular weight is 327 g/mol. The summed E-state index contributed by atoms with van der Waals surface area (Å²) < 4.78 is 0. The zero-order valence-electron chi connectivity index (χ0n) is 12.5. The van der Waals surface area contributed by atoms with Gasteiger partial charge in [-0.25, -0.2) is 9.97 Å². The number of nitrogens with two attached hydrogens (primary N) is 1. The van der Waals surface area contributed by atoms with Crippen LogP contribution in [0.2, 0.25) is 0 Å². The molecular weight excluding hydrogens is 310 g/mol. The number of rotatable bonds is 4. The molecule has 2 N–H and O–H groups in total. The maximum absolute atomic E-state index is 5.85. The maximum Gasteiger partial charge on any atom is 0.191 e. The Kier molecular flexibility index (Phi) is 4.55. The zero-order chi connectivity index (χ0) is 15.5. The second-order valence-corrected chi connectivity index (χ2v) is 7.12. The van der Waals surface area contributed by atoms with Crippen LogP contribution in [0, 0.1) is 0 Å². The van der Waals surface area contributed by atoms with Crippen LogP contribution in [0.15, 0.2) is 58.7 Å². The number of fused-ring (bicyclic) bond motifs is 1. The van der Waals surface area contributed by atoms with Gasteiger partial charge in [0, 0.05) is 11.3 Å². The lowest BCUT2D eigenvalue weighted by Crippen LogP contribution is -1.98. The summed E-state index contributed by atoms with van der Waals surface area (Å²) in [5.41, 5.74) is 7.11. The molecule has 3 nitrogen and oxygen atoms in total. The molecular formula is C17H17N3S2. The van der Waals surface area contributed by atoms with E-state index in [1.54, 1.807) is 29.6 Å². The summed E-state index contributed by atoms with van der Waals surface area (Å²) in [6, 6.07) is 16.8. The Morgan fingerprint density at radius 2 is 1.77 bits per heavy atom. The molecule has 0 aliphatic carbocycles. The smallest absolute Gasteiger partial charge is 0.191 e. The lowest BCUT2D eigenvalue weighted by molar-refractivity contribution is 0.893. The van der Waals surface area contributed by atoms with E-state index in [0.717, 1.165) is 10.2 Å². The van der Waals surface area contributed by atoms with Crippen LogP contribution in [-0.2, 0) is 0 Å². The molecule has 112 valence electrons. The van der Waals surface area contributed by atoms with E-state index in [1.165, 1.54) is 16.3 Å². The van der Waals surface area contributed by atoms with E-state index >= 15 is 0 Å². The highest BCUT2D eigenvalue weighted by Gasteiger charge is 2.11. The van der Waals surface area contributed by atoms with Crippen LogP contribution in [0.25, 0.3) is 10.8 Å². The summed E-state index contributed by atoms with van der Waals surface area (Å²) in [5, 5.41) is 4.41. The molecule has 0 bridgehead atoms. The molecule has 0 saturated heterocycles. The molecule has 0 radical (unpaired) electrons. The highest BCUT2D eigenvalue weighted by atomic mass is 32.2. The minimum Gasteiger partial charge on any atom is -0.384 e. The van der Waals surface area contributed by atoms with E-state index < -0.39 is 0 Å². The third-order valence-electron chi connectivity index (χ3n) is 3.44.